The van der Waals surface area contributed by atoms with E-state index >= 15 is 0 Å². The van der Waals surface area contributed by atoms with E-state index in [1.807, 2.05) is 6.07 Å². The Morgan fingerprint density at radius 1 is 1.38 bits per heavy atom. The molecule has 0 saturated heterocycles. The molecule has 0 amide bonds. The molecule has 2 atom stereocenters. The minimum atomic E-state index is 0.380. The summed E-state index contributed by atoms with van der Waals surface area (Å²) in [7, 11) is 0. The van der Waals surface area contributed by atoms with Crippen molar-refractivity contribution in [2.45, 2.75) is 53.0 Å². The molecule has 1 N–H and O–H groups in total. The van der Waals surface area contributed by atoms with Crippen LogP contribution in [0, 0.1) is 12.8 Å². The molecule has 2 nitrogen and oxygen atoms in total. The minimum absolute atomic E-state index is 0.380. The summed E-state index contributed by atoms with van der Waals surface area (Å²) in [5.74, 6) is 1.85. The van der Waals surface area contributed by atoms with Crippen molar-refractivity contribution in [3.63, 3.8) is 0 Å². The molecule has 0 fully saturated rings. The molecule has 0 aliphatic heterocycles. The average Bonchev–Trinajstić information content (AvgIpc) is 2.70. The molecular formula is C14H25NO. The maximum absolute atomic E-state index is 5.61. The maximum Gasteiger partial charge on any atom is 0.123 e. The molecule has 1 aromatic rings. The third-order valence-corrected chi connectivity index (χ3v) is 3.19. The van der Waals surface area contributed by atoms with Crippen LogP contribution in [0.2, 0.25) is 0 Å². The first-order valence-electron chi connectivity index (χ1n) is 6.46. The van der Waals surface area contributed by atoms with E-state index < -0.39 is 0 Å². The molecule has 2 heteroatoms. The van der Waals surface area contributed by atoms with Crippen LogP contribution in [0.4, 0.5) is 0 Å². The van der Waals surface area contributed by atoms with Crippen LogP contribution in [0.15, 0.2) is 16.7 Å². The average molecular weight is 223 g/mol. The zero-order chi connectivity index (χ0) is 12.0. The Bertz CT molecular complexity index is 293. The highest BCUT2D eigenvalue weighted by molar-refractivity contribution is 5.18. The van der Waals surface area contributed by atoms with Gasteiger partial charge in [-0.3, -0.25) is 0 Å². The van der Waals surface area contributed by atoms with Gasteiger partial charge >= 0.3 is 0 Å². The standard InChI is InChI=1S/C14H25NO/c1-5-8-15-13(10-11(3)6-2)14-12(4)7-9-16-14/h7,9,11,13,15H,5-6,8,10H2,1-4H3. The predicted octanol–water partition coefficient (Wildman–Crippen LogP) is 4.06. The fourth-order valence-corrected chi connectivity index (χ4v) is 1.91. The molecule has 2 unspecified atom stereocenters. The smallest absolute Gasteiger partial charge is 0.123 e. The Morgan fingerprint density at radius 2 is 2.12 bits per heavy atom. The van der Waals surface area contributed by atoms with Crippen LogP contribution in [-0.2, 0) is 0 Å². The summed E-state index contributed by atoms with van der Waals surface area (Å²) >= 11 is 0. The van der Waals surface area contributed by atoms with E-state index in [9.17, 15) is 0 Å². The third-order valence-electron chi connectivity index (χ3n) is 3.19. The number of aryl methyl sites for hydroxylation is 1. The van der Waals surface area contributed by atoms with Crippen molar-refractivity contribution < 1.29 is 4.42 Å². The molecule has 0 aliphatic carbocycles. The fraction of sp³-hybridized carbons (Fsp3) is 0.714. The van der Waals surface area contributed by atoms with Gasteiger partial charge in [0.05, 0.1) is 12.3 Å². The number of hydrogen-bond donors (Lipinski definition) is 1. The lowest BCUT2D eigenvalue weighted by atomic mass is 9.96. The summed E-state index contributed by atoms with van der Waals surface area (Å²) in [6.07, 6.45) is 5.34. The first-order valence-corrected chi connectivity index (χ1v) is 6.46. The van der Waals surface area contributed by atoms with E-state index in [2.05, 4.69) is 33.0 Å². The van der Waals surface area contributed by atoms with Gasteiger partial charge in [0.15, 0.2) is 0 Å². The molecule has 92 valence electrons. The number of furan rings is 1. The number of nitrogens with one attached hydrogen (secondary N) is 1. The Labute approximate surface area is 99.4 Å². The topological polar surface area (TPSA) is 25.2 Å². The first-order chi connectivity index (χ1) is 7.69. The monoisotopic (exact) mass is 223 g/mol. The minimum Gasteiger partial charge on any atom is -0.467 e. The van der Waals surface area contributed by atoms with E-state index in [0.29, 0.717) is 6.04 Å². The van der Waals surface area contributed by atoms with Gasteiger partial charge in [0.2, 0.25) is 0 Å². The van der Waals surface area contributed by atoms with Gasteiger partial charge in [0.25, 0.3) is 0 Å². The molecule has 1 heterocycles. The van der Waals surface area contributed by atoms with Gasteiger partial charge in [0.1, 0.15) is 5.76 Å². The Morgan fingerprint density at radius 3 is 2.62 bits per heavy atom. The van der Waals surface area contributed by atoms with Gasteiger partial charge in [-0.25, -0.2) is 0 Å². The highest BCUT2D eigenvalue weighted by atomic mass is 16.3. The summed E-state index contributed by atoms with van der Waals surface area (Å²) < 4.78 is 5.61. The molecule has 0 aliphatic rings. The van der Waals surface area contributed by atoms with E-state index in [1.165, 1.54) is 12.0 Å². The van der Waals surface area contributed by atoms with E-state index in [0.717, 1.165) is 31.1 Å². The Kier molecular flexibility index (Phi) is 5.61. The number of rotatable bonds is 7. The lowest BCUT2D eigenvalue weighted by Gasteiger charge is -2.20. The Balaban J connectivity index is 2.67. The Hall–Kier alpha value is -0.760. The molecule has 0 saturated carbocycles. The van der Waals surface area contributed by atoms with Crippen LogP contribution in [0.25, 0.3) is 0 Å². The van der Waals surface area contributed by atoms with E-state index in [1.54, 1.807) is 6.26 Å². The summed E-state index contributed by atoms with van der Waals surface area (Å²) in [5.41, 5.74) is 1.26. The van der Waals surface area contributed by atoms with Gasteiger partial charge in [-0.15, -0.1) is 0 Å². The molecule has 1 aromatic heterocycles. The van der Waals surface area contributed by atoms with Crippen molar-refractivity contribution in [3.05, 3.63) is 23.7 Å². The van der Waals surface area contributed by atoms with Gasteiger partial charge in [-0.1, -0.05) is 27.2 Å². The maximum atomic E-state index is 5.61. The lowest BCUT2D eigenvalue weighted by molar-refractivity contribution is 0.345. The first kappa shape index (κ1) is 13.3. The molecular weight excluding hydrogens is 198 g/mol. The second kappa shape index (κ2) is 6.74. The van der Waals surface area contributed by atoms with Crippen molar-refractivity contribution in [1.82, 2.24) is 5.32 Å². The van der Waals surface area contributed by atoms with Crippen molar-refractivity contribution in [2.75, 3.05) is 6.54 Å². The molecule has 0 aromatic carbocycles. The summed E-state index contributed by atoms with van der Waals surface area (Å²) in [6.45, 7) is 9.93. The third kappa shape index (κ3) is 3.67. The van der Waals surface area contributed by atoms with Crippen LogP contribution < -0.4 is 5.32 Å². The van der Waals surface area contributed by atoms with Crippen molar-refractivity contribution in [1.29, 1.82) is 0 Å². The van der Waals surface area contributed by atoms with Gasteiger partial charge < -0.3 is 9.73 Å². The predicted molar refractivity (Wildman–Crippen MR) is 68.6 cm³/mol. The van der Waals surface area contributed by atoms with Crippen LogP contribution in [0.5, 0.6) is 0 Å². The van der Waals surface area contributed by atoms with Crippen LogP contribution in [0.1, 0.15) is 57.4 Å². The van der Waals surface area contributed by atoms with Crippen LogP contribution >= 0.6 is 0 Å². The van der Waals surface area contributed by atoms with Crippen molar-refractivity contribution in [3.8, 4) is 0 Å². The molecule has 0 spiro atoms. The fourth-order valence-electron chi connectivity index (χ4n) is 1.91. The second-order valence-corrected chi connectivity index (χ2v) is 4.72. The normalized spacial score (nSPS) is 15.0. The quantitative estimate of drug-likeness (QED) is 0.754. The van der Waals surface area contributed by atoms with Crippen LogP contribution in [0.3, 0.4) is 0 Å². The van der Waals surface area contributed by atoms with E-state index in [-0.39, 0.29) is 0 Å². The zero-order valence-electron chi connectivity index (χ0n) is 11.0. The van der Waals surface area contributed by atoms with Crippen molar-refractivity contribution in [2.24, 2.45) is 5.92 Å². The molecule has 1 rings (SSSR count). The van der Waals surface area contributed by atoms with E-state index in [4.69, 9.17) is 4.42 Å². The van der Waals surface area contributed by atoms with Crippen LogP contribution in [-0.4, -0.2) is 6.54 Å². The zero-order valence-corrected chi connectivity index (χ0v) is 11.0. The highest BCUT2D eigenvalue weighted by Crippen LogP contribution is 2.26. The van der Waals surface area contributed by atoms with Gasteiger partial charge in [-0.2, -0.15) is 0 Å². The lowest BCUT2D eigenvalue weighted by Crippen LogP contribution is -2.24. The molecule has 0 radical (unpaired) electrons. The molecule has 16 heavy (non-hydrogen) atoms. The SMILES string of the molecule is CCCNC(CC(C)CC)c1occc1C. The largest absolute Gasteiger partial charge is 0.467 e. The highest BCUT2D eigenvalue weighted by Gasteiger charge is 2.18. The summed E-state index contributed by atoms with van der Waals surface area (Å²) in [5, 5.41) is 3.58. The summed E-state index contributed by atoms with van der Waals surface area (Å²) in [6, 6.07) is 2.43. The van der Waals surface area contributed by atoms with Gasteiger partial charge in [0, 0.05) is 0 Å². The summed E-state index contributed by atoms with van der Waals surface area (Å²) in [4.78, 5) is 0. The number of hydrogen-bond acceptors (Lipinski definition) is 2. The molecule has 0 bridgehead atoms. The van der Waals surface area contributed by atoms with Crippen molar-refractivity contribution >= 4 is 0 Å². The van der Waals surface area contributed by atoms with Gasteiger partial charge in [-0.05, 0) is 43.9 Å². The second-order valence-electron chi connectivity index (χ2n) is 4.72.